The number of hydrogen-bond donors (Lipinski definition) is 0. The normalized spacial score (nSPS) is 20.3. The molecule has 2 saturated heterocycles. The summed E-state index contributed by atoms with van der Waals surface area (Å²) in [7, 11) is 0. The van der Waals surface area contributed by atoms with Gasteiger partial charge in [-0.1, -0.05) is 29.8 Å². The number of likely N-dealkylation sites (tertiary alicyclic amines) is 1. The molecule has 0 spiro atoms. The van der Waals surface area contributed by atoms with Crippen LogP contribution < -0.4 is 9.64 Å². The van der Waals surface area contributed by atoms with Gasteiger partial charge in [-0.05, 0) is 88.0 Å². The van der Waals surface area contributed by atoms with Crippen LogP contribution in [0.25, 0.3) is 0 Å². The lowest BCUT2D eigenvalue weighted by Crippen LogP contribution is -2.40. The van der Waals surface area contributed by atoms with E-state index in [2.05, 4.69) is 11.0 Å². The minimum absolute atomic E-state index is 0.0800. The van der Waals surface area contributed by atoms with Crippen molar-refractivity contribution in [3.63, 3.8) is 0 Å². The maximum atomic E-state index is 12.3. The minimum atomic E-state index is -0.246. The fraction of sp³-hybridized carbons (Fsp3) is 0.480. The third-order valence-corrected chi connectivity index (χ3v) is 6.38. The maximum Gasteiger partial charge on any atom is 0.414 e. The first-order chi connectivity index (χ1) is 15.0. The molecule has 0 N–H and O–H groups in total. The molecule has 0 aliphatic carbocycles. The smallest absolute Gasteiger partial charge is 0.414 e. The summed E-state index contributed by atoms with van der Waals surface area (Å²) in [4.78, 5) is 16.4. The van der Waals surface area contributed by atoms with Crippen molar-refractivity contribution in [1.82, 2.24) is 4.90 Å². The van der Waals surface area contributed by atoms with Gasteiger partial charge in [-0.15, -0.1) is 0 Å². The Hall–Kier alpha value is -2.24. The van der Waals surface area contributed by atoms with Crippen molar-refractivity contribution in [2.45, 2.75) is 45.3 Å². The summed E-state index contributed by atoms with van der Waals surface area (Å²) in [6.45, 7) is 7.50. The fourth-order valence-corrected chi connectivity index (χ4v) is 4.66. The van der Waals surface area contributed by atoms with Gasteiger partial charge in [0.1, 0.15) is 11.9 Å². The Balaban J connectivity index is 1.26. The van der Waals surface area contributed by atoms with E-state index in [1.54, 1.807) is 4.90 Å². The van der Waals surface area contributed by atoms with Crippen LogP contribution in [0.1, 0.15) is 32.3 Å². The van der Waals surface area contributed by atoms with Crippen LogP contribution in [0.3, 0.4) is 0 Å². The first-order valence-corrected chi connectivity index (χ1v) is 11.6. The highest BCUT2D eigenvalue weighted by Crippen LogP contribution is 2.29. The second kappa shape index (κ2) is 9.92. The average Bonchev–Trinajstić information content (AvgIpc) is 3.12. The standard InChI is InChI=1S/C25H31ClN2O3/c1-18(2)30-22-8-9-24(26)20(15-22)14-19-10-12-27(13-11-19)16-23-17-28(25(29)31-23)21-6-4-3-5-7-21/h3-9,15,18-19,23H,10-14,16-17H2,1-2H3. The lowest BCUT2D eigenvalue weighted by molar-refractivity contribution is 0.0914. The van der Waals surface area contributed by atoms with Crippen LogP contribution in [0, 0.1) is 5.92 Å². The lowest BCUT2D eigenvalue weighted by Gasteiger charge is -2.33. The number of hydrogen-bond acceptors (Lipinski definition) is 4. The van der Waals surface area contributed by atoms with Crippen LogP contribution in [-0.2, 0) is 11.2 Å². The Morgan fingerprint density at radius 3 is 2.58 bits per heavy atom. The quantitative estimate of drug-likeness (QED) is 0.575. The molecule has 0 saturated carbocycles. The molecule has 2 aliphatic rings. The van der Waals surface area contributed by atoms with E-state index >= 15 is 0 Å². The molecule has 2 fully saturated rings. The molecule has 0 radical (unpaired) electrons. The van der Waals surface area contributed by atoms with Crippen LogP contribution >= 0.6 is 11.6 Å². The number of rotatable bonds is 7. The molecule has 4 rings (SSSR count). The summed E-state index contributed by atoms with van der Waals surface area (Å²) in [6.07, 6.45) is 3.04. The van der Waals surface area contributed by atoms with E-state index in [4.69, 9.17) is 21.1 Å². The van der Waals surface area contributed by atoms with Crippen molar-refractivity contribution in [2.75, 3.05) is 31.1 Å². The Morgan fingerprint density at radius 2 is 1.87 bits per heavy atom. The number of piperidine rings is 1. The van der Waals surface area contributed by atoms with Gasteiger partial charge in [0.15, 0.2) is 0 Å². The predicted octanol–water partition coefficient (Wildman–Crippen LogP) is 5.41. The van der Waals surface area contributed by atoms with E-state index in [0.29, 0.717) is 12.5 Å². The third-order valence-electron chi connectivity index (χ3n) is 6.01. The van der Waals surface area contributed by atoms with Crippen molar-refractivity contribution in [1.29, 1.82) is 0 Å². The third kappa shape index (κ3) is 5.72. The van der Waals surface area contributed by atoms with Gasteiger partial charge in [0, 0.05) is 17.3 Å². The van der Waals surface area contributed by atoms with Gasteiger partial charge in [-0.2, -0.15) is 0 Å². The summed E-state index contributed by atoms with van der Waals surface area (Å²) in [6, 6.07) is 15.7. The number of halogens is 1. The highest BCUT2D eigenvalue weighted by Gasteiger charge is 2.34. The number of benzene rings is 2. The van der Waals surface area contributed by atoms with Crippen molar-refractivity contribution in [2.24, 2.45) is 5.92 Å². The molecular weight excluding hydrogens is 412 g/mol. The molecule has 5 nitrogen and oxygen atoms in total. The number of para-hydroxylation sites is 1. The summed E-state index contributed by atoms with van der Waals surface area (Å²) in [5, 5.41) is 0.817. The van der Waals surface area contributed by atoms with Crippen LogP contribution in [0.2, 0.25) is 5.02 Å². The molecule has 2 aromatic carbocycles. The van der Waals surface area contributed by atoms with Crippen LogP contribution in [0.15, 0.2) is 48.5 Å². The van der Waals surface area contributed by atoms with E-state index in [-0.39, 0.29) is 18.3 Å². The number of anilines is 1. The molecule has 31 heavy (non-hydrogen) atoms. The largest absolute Gasteiger partial charge is 0.491 e. The molecule has 1 amide bonds. The zero-order valence-corrected chi connectivity index (χ0v) is 19.1. The number of cyclic esters (lactones) is 1. The summed E-state index contributed by atoms with van der Waals surface area (Å²) in [5.74, 6) is 1.49. The Bertz CT molecular complexity index is 882. The van der Waals surface area contributed by atoms with Crippen LogP contribution in [-0.4, -0.2) is 49.4 Å². The van der Waals surface area contributed by atoms with Crippen LogP contribution in [0.5, 0.6) is 5.75 Å². The molecular formula is C25H31ClN2O3. The van der Waals surface area contributed by atoms with Gasteiger partial charge in [-0.25, -0.2) is 4.79 Å². The average molecular weight is 443 g/mol. The summed E-state index contributed by atoms with van der Waals surface area (Å²) < 4.78 is 11.5. The second-order valence-electron chi connectivity index (χ2n) is 8.82. The predicted molar refractivity (Wildman–Crippen MR) is 124 cm³/mol. The van der Waals surface area contributed by atoms with E-state index in [9.17, 15) is 4.79 Å². The van der Waals surface area contributed by atoms with Gasteiger partial charge in [0.05, 0.1) is 12.6 Å². The SMILES string of the molecule is CC(C)Oc1ccc(Cl)c(CC2CCN(CC3CN(c4ccccc4)C(=O)O3)CC2)c1. The van der Waals surface area contributed by atoms with E-state index < -0.39 is 0 Å². The van der Waals surface area contributed by atoms with Gasteiger partial charge in [0.25, 0.3) is 0 Å². The van der Waals surface area contributed by atoms with Crippen molar-refractivity contribution in [3.05, 3.63) is 59.1 Å². The molecule has 166 valence electrons. The number of amides is 1. The first kappa shape index (κ1) is 22.0. The highest BCUT2D eigenvalue weighted by molar-refractivity contribution is 6.31. The molecule has 0 aromatic heterocycles. The zero-order valence-electron chi connectivity index (χ0n) is 18.3. The number of carbonyl (C=O) groups is 1. The Morgan fingerprint density at radius 1 is 1.13 bits per heavy atom. The molecule has 6 heteroatoms. The van der Waals surface area contributed by atoms with E-state index in [1.165, 1.54) is 5.56 Å². The Kier molecular flexibility index (Phi) is 7.03. The van der Waals surface area contributed by atoms with Gasteiger partial charge >= 0.3 is 6.09 Å². The molecule has 2 aliphatic heterocycles. The van der Waals surface area contributed by atoms with Gasteiger partial charge in [0.2, 0.25) is 0 Å². The summed E-state index contributed by atoms with van der Waals surface area (Å²) in [5.41, 5.74) is 2.07. The van der Waals surface area contributed by atoms with Crippen molar-refractivity contribution < 1.29 is 14.3 Å². The molecule has 0 bridgehead atoms. The van der Waals surface area contributed by atoms with Gasteiger partial charge in [-0.3, -0.25) is 9.80 Å². The van der Waals surface area contributed by atoms with E-state index in [1.807, 2.05) is 56.3 Å². The number of carbonyl (C=O) groups excluding carboxylic acids is 1. The van der Waals surface area contributed by atoms with Crippen molar-refractivity contribution in [3.8, 4) is 5.75 Å². The summed E-state index contributed by atoms with van der Waals surface area (Å²) >= 11 is 6.45. The minimum Gasteiger partial charge on any atom is -0.491 e. The topological polar surface area (TPSA) is 42.0 Å². The van der Waals surface area contributed by atoms with E-state index in [0.717, 1.165) is 55.4 Å². The second-order valence-corrected chi connectivity index (χ2v) is 9.23. The maximum absolute atomic E-state index is 12.3. The van der Waals surface area contributed by atoms with Gasteiger partial charge < -0.3 is 9.47 Å². The Labute approximate surface area is 189 Å². The number of nitrogens with zero attached hydrogens (tertiary/aromatic N) is 2. The highest BCUT2D eigenvalue weighted by atomic mass is 35.5. The molecule has 1 atom stereocenters. The molecule has 1 unspecified atom stereocenters. The lowest BCUT2D eigenvalue weighted by atomic mass is 9.90. The molecule has 2 heterocycles. The first-order valence-electron chi connectivity index (χ1n) is 11.2. The molecule has 2 aromatic rings. The monoisotopic (exact) mass is 442 g/mol. The zero-order chi connectivity index (χ0) is 21.8. The number of ether oxygens (including phenoxy) is 2. The van der Waals surface area contributed by atoms with Crippen LogP contribution in [0.4, 0.5) is 10.5 Å². The van der Waals surface area contributed by atoms with Crippen molar-refractivity contribution >= 4 is 23.4 Å². The fourth-order valence-electron chi connectivity index (χ4n) is 4.46.